The minimum absolute atomic E-state index is 0.0494. The van der Waals surface area contributed by atoms with E-state index in [-0.39, 0.29) is 24.3 Å². The molecule has 1 saturated heterocycles. The Bertz CT molecular complexity index is 994. The average molecular weight is 383 g/mol. The molecular weight excluding hydrogens is 362 g/mol. The second-order valence-electron chi connectivity index (χ2n) is 7.60. The highest BCUT2D eigenvalue weighted by molar-refractivity contribution is 6.15. The normalized spacial score (nSPS) is 26.2. The van der Waals surface area contributed by atoms with Crippen molar-refractivity contribution in [2.45, 2.75) is 56.7 Å². The van der Waals surface area contributed by atoms with Crippen LogP contribution >= 0.6 is 0 Å². The summed E-state index contributed by atoms with van der Waals surface area (Å²) in [7, 11) is 0. The zero-order valence-corrected chi connectivity index (χ0v) is 15.2. The Labute approximate surface area is 160 Å². The molecule has 3 fully saturated rings. The summed E-state index contributed by atoms with van der Waals surface area (Å²) in [6.07, 6.45) is 7.63. The molecule has 10 heteroatoms. The molecule has 4 N–H and O–H groups in total. The molecule has 0 spiro atoms. The molecule has 2 aromatic rings. The van der Waals surface area contributed by atoms with Gasteiger partial charge in [0.2, 0.25) is 17.8 Å². The lowest BCUT2D eigenvalue weighted by Gasteiger charge is -2.17. The van der Waals surface area contributed by atoms with E-state index < -0.39 is 6.10 Å². The standard InChI is InChI=1S/C18H21N7O3/c26-13-3-1-2-12(13)21-17-23-15-10(6-9-7-14(27)22-16(9)28)8-19-25(15)18(24-17)20-11-4-5-11/h6,8,11-13,26H,1-5,7H2,(H,22,27,28)(H2,20,21,23,24)/b9-6+/t12-,13-/m0/s1. The van der Waals surface area contributed by atoms with Crippen LogP contribution in [0.3, 0.4) is 0 Å². The molecule has 2 atom stereocenters. The number of fused-ring (bicyclic) bond motifs is 1. The summed E-state index contributed by atoms with van der Waals surface area (Å²) in [5, 5.41) is 23.3. The number of rotatable bonds is 5. The van der Waals surface area contributed by atoms with Crippen LogP contribution in [0.15, 0.2) is 11.8 Å². The van der Waals surface area contributed by atoms with Gasteiger partial charge < -0.3 is 15.7 Å². The maximum Gasteiger partial charge on any atom is 0.254 e. The van der Waals surface area contributed by atoms with Crippen molar-refractivity contribution in [3.63, 3.8) is 0 Å². The summed E-state index contributed by atoms with van der Waals surface area (Å²) in [4.78, 5) is 32.5. The number of carbonyl (C=O) groups excluding carboxylic acids is 2. The average Bonchev–Trinajstić information content (AvgIpc) is 3.10. The van der Waals surface area contributed by atoms with E-state index in [2.05, 4.69) is 31.0 Å². The molecular formula is C18H21N7O3. The molecule has 0 radical (unpaired) electrons. The van der Waals surface area contributed by atoms with Crippen molar-refractivity contribution < 1.29 is 14.7 Å². The van der Waals surface area contributed by atoms with E-state index in [9.17, 15) is 14.7 Å². The third kappa shape index (κ3) is 3.19. The molecule has 1 aliphatic heterocycles. The number of carbonyl (C=O) groups is 2. The fourth-order valence-corrected chi connectivity index (χ4v) is 3.65. The second-order valence-corrected chi connectivity index (χ2v) is 7.60. The van der Waals surface area contributed by atoms with Crippen LogP contribution in [-0.4, -0.2) is 54.7 Å². The summed E-state index contributed by atoms with van der Waals surface area (Å²) in [5.41, 5.74) is 1.56. The first-order valence-corrected chi connectivity index (χ1v) is 9.58. The van der Waals surface area contributed by atoms with E-state index in [1.165, 1.54) is 0 Å². The van der Waals surface area contributed by atoms with Crippen LogP contribution in [0.25, 0.3) is 11.7 Å². The first kappa shape index (κ1) is 17.1. The molecule has 0 aromatic carbocycles. The zero-order valence-electron chi connectivity index (χ0n) is 15.2. The van der Waals surface area contributed by atoms with Crippen LogP contribution in [0.5, 0.6) is 0 Å². The van der Waals surface area contributed by atoms with E-state index in [1.54, 1.807) is 16.8 Å². The van der Waals surface area contributed by atoms with Crippen molar-refractivity contribution in [1.29, 1.82) is 0 Å². The third-order valence-corrected chi connectivity index (χ3v) is 5.33. The van der Waals surface area contributed by atoms with Gasteiger partial charge in [-0.2, -0.15) is 19.6 Å². The van der Waals surface area contributed by atoms with E-state index >= 15 is 0 Å². The molecule has 10 nitrogen and oxygen atoms in total. The lowest BCUT2D eigenvalue weighted by Crippen LogP contribution is -2.29. The van der Waals surface area contributed by atoms with Crippen molar-refractivity contribution in [2.75, 3.05) is 10.6 Å². The van der Waals surface area contributed by atoms with Gasteiger partial charge in [0, 0.05) is 17.2 Å². The SMILES string of the molecule is O=C1C/C(=C\c2cnn3c(NC4CC4)nc(N[C@H]4CCC[C@@H]4O)nc23)C(=O)N1. The summed E-state index contributed by atoms with van der Waals surface area (Å²) < 4.78 is 1.61. The highest BCUT2D eigenvalue weighted by Crippen LogP contribution is 2.27. The number of aliphatic hydroxyl groups is 1. The van der Waals surface area contributed by atoms with Gasteiger partial charge in [-0.3, -0.25) is 14.9 Å². The molecule has 28 heavy (non-hydrogen) atoms. The van der Waals surface area contributed by atoms with Gasteiger partial charge in [0.25, 0.3) is 5.91 Å². The first-order valence-electron chi connectivity index (χ1n) is 9.58. The summed E-state index contributed by atoms with van der Waals surface area (Å²) >= 11 is 0. The van der Waals surface area contributed by atoms with Crippen molar-refractivity contribution >= 4 is 35.4 Å². The number of nitrogens with one attached hydrogen (secondary N) is 3. The van der Waals surface area contributed by atoms with Gasteiger partial charge in [0.15, 0.2) is 5.65 Å². The Balaban J connectivity index is 1.54. The van der Waals surface area contributed by atoms with Crippen LogP contribution in [0.2, 0.25) is 0 Å². The van der Waals surface area contributed by atoms with Gasteiger partial charge in [-0.15, -0.1) is 0 Å². The Morgan fingerprint density at radius 3 is 2.71 bits per heavy atom. The number of aliphatic hydroxyl groups excluding tert-OH is 1. The Morgan fingerprint density at radius 2 is 2.04 bits per heavy atom. The molecule has 3 heterocycles. The monoisotopic (exact) mass is 383 g/mol. The minimum Gasteiger partial charge on any atom is -0.391 e. The number of hydrogen-bond donors (Lipinski definition) is 4. The minimum atomic E-state index is -0.417. The molecule has 0 unspecified atom stereocenters. The lowest BCUT2D eigenvalue weighted by atomic mass is 10.1. The number of amides is 2. The highest BCUT2D eigenvalue weighted by Gasteiger charge is 2.28. The van der Waals surface area contributed by atoms with E-state index in [4.69, 9.17) is 0 Å². The van der Waals surface area contributed by atoms with Crippen LogP contribution in [0.1, 0.15) is 44.1 Å². The maximum absolute atomic E-state index is 11.9. The maximum atomic E-state index is 11.9. The van der Waals surface area contributed by atoms with Gasteiger partial charge >= 0.3 is 0 Å². The number of imide groups is 1. The molecule has 5 rings (SSSR count). The Kier molecular flexibility index (Phi) is 4.00. The quantitative estimate of drug-likeness (QED) is 0.432. The molecule has 3 aliphatic rings. The smallest absolute Gasteiger partial charge is 0.254 e. The summed E-state index contributed by atoms with van der Waals surface area (Å²) in [5.74, 6) is 0.283. The van der Waals surface area contributed by atoms with Crippen molar-refractivity contribution in [2.24, 2.45) is 0 Å². The van der Waals surface area contributed by atoms with Crippen molar-refractivity contribution in [3.05, 3.63) is 17.3 Å². The molecule has 146 valence electrons. The Hall–Kier alpha value is -3.01. The molecule has 2 aromatic heterocycles. The van der Waals surface area contributed by atoms with Gasteiger partial charge in [0.05, 0.1) is 24.8 Å². The second kappa shape index (κ2) is 6.55. The molecule has 2 aliphatic carbocycles. The van der Waals surface area contributed by atoms with Crippen LogP contribution in [-0.2, 0) is 9.59 Å². The van der Waals surface area contributed by atoms with Gasteiger partial charge in [-0.1, -0.05) is 0 Å². The Morgan fingerprint density at radius 1 is 1.18 bits per heavy atom. The number of aromatic nitrogens is 4. The predicted octanol–water partition coefficient (Wildman–Crippen LogP) is 0.454. The van der Waals surface area contributed by atoms with Gasteiger partial charge in [-0.25, -0.2) is 0 Å². The van der Waals surface area contributed by atoms with Gasteiger partial charge in [0.1, 0.15) is 0 Å². The number of nitrogens with zero attached hydrogens (tertiary/aromatic N) is 4. The van der Waals surface area contributed by atoms with Crippen molar-refractivity contribution in [3.8, 4) is 0 Å². The van der Waals surface area contributed by atoms with E-state index in [0.29, 0.717) is 34.7 Å². The van der Waals surface area contributed by atoms with Gasteiger partial charge in [-0.05, 0) is 38.2 Å². The lowest BCUT2D eigenvalue weighted by molar-refractivity contribution is -0.124. The first-order chi connectivity index (χ1) is 13.6. The van der Waals surface area contributed by atoms with E-state index in [0.717, 1.165) is 32.1 Å². The molecule has 2 saturated carbocycles. The largest absolute Gasteiger partial charge is 0.391 e. The zero-order chi connectivity index (χ0) is 19.3. The van der Waals surface area contributed by atoms with Crippen LogP contribution < -0.4 is 16.0 Å². The predicted molar refractivity (Wildman–Crippen MR) is 100 cm³/mol. The van der Waals surface area contributed by atoms with Crippen molar-refractivity contribution in [1.82, 2.24) is 24.9 Å². The third-order valence-electron chi connectivity index (χ3n) is 5.33. The summed E-state index contributed by atoms with van der Waals surface area (Å²) in [6.45, 7) is 0. The molecule has 2 amide bonds. The number of hydrogen-bond acceptors (Lipinski definition) is 8. The fraction of sp³-hybridized carbons (Fsp3) is 0.500. The van der Waals surface area contributed by atoms with Crippen LogP contribution in [0, 0.1) is 0 Å². The topological polar surface area (TPSA) is 134 Å². The molecule has 0 bridgehead atoms. The highest BCUT2D eigenvalue weighted by atomic mass is 16.3. The fourth-order valence-electron chi connectivity index (χ4n) is 3.65. The van der Waals surface area contributed by atoms with Crippen LogP contribution in [0.4, 0.5) is 11.9 Å². The summed E-state index contributed by atoms with van der Waals surface area (Å²) in [6, 6.07) is 0.284. The van der Waals surface area contributed by atoms with E-state index in [1.807, 2.05) is 0 Å². The number of anilines is 2.